The maximum Gasteiger partial charge on any atom is 0.320 e. The minimum absolute atomic E-state index is 0.450. The highest BCUT2D eigenvalue weighted by Gasteiger charge is 2.15. The molecule has 0 aliphatic carbocycles. The zero-order chi connectivity index (χ0) is 14.3. The first-order valence-corrected chi connectivity index (χ1v) is 6.77. The fourth-order valence-electron chi connectivity index (χ4n) is 1.87. The minimum atomic E-state index is -0.765. The number of benzene rings is 1. The minimum Gasteiger partial charge on any atom is -0.480 e. The number of carboxylic acid groups (broad SMARTS) is 1. The van der Waals surface area contributed by atoms with Crippen molar-refractivity contribution >= 4 is 11.7 Å². The molecule has 19 heavy (non-hydrogen) atoms. The summed E-state index contributed by atoms with van der Waals surface area (Å²) in [5.41, 5.74) is 2.25. The Morgan fingerprint density at radius 3 is 2.42 bits per heavy atom. The second-order valence-corrected chi connectivity index (χ2v) is 4.97. The van der Waals surface area contributed by atoms with E-state index in [1.54, 1.807) is 0 Å². The Morgan fingerprint density at radius 1 is 1.32 bits per heavy atom. The second-order valence-electron chi connectivity index (χ2n) is 4.97. The summed E-state index contributed by atoms with van der Waals surface area (Å²) >= 11 is 0. The Balaban J connectivity index is 2.51. The summed E-state index contributed by atoms with van der Waals surface area (Å²) in [7, 11) is 4.00. The van der Waals surface area contributed by atoms with E-state index in [-0.39, 0.29) is 0 Å². The zero-order valence-electron chi connectivity index (χ0n) is 12.0. The molecule has 4 heteroatoms. The van der Waals surface area contributed by atoms with Crippen molar-refractivity contribution in [2.75, 3.05) is 19.0 Å². The number of unbranched alkanes of at least 4 members (excludes halogenated alkanes) is 1. The van der Waals surface area contributed by atoms with Gasteiger partial charge in [-0.1, -0.05) is 31.9 Å². The number of hydrogen-bond acceptors (Lipinski definition) is 3. The fraction of sp³-hybridized carbons (Fsp3) is 0.533. The van der Waals surface area contributed by atoms with Gasteiger partial charge in [0.1, 0.15) is 6.04 Å². The van der Waals surface area contributed by atoms with Gasteiger partial charge in [0.15, 0.2) is 0 Å². The van der Waals surface area contributed by atoms with Gasteiger partial charge in [0.2, 0.25) is 0 Å². The van der Waals surface area contributed by atoms with Gasteiger partial charge in [0.05, 0.1) is 0 Å². The largest absolute Gasteiger partial charge is 0.480 e. The summed E-state index contributed by atoms with van der Waals surface area (Å²) in [6.07, 6.45) is 2.63. The summed E-state index contributed by atoms with van der Waals surface area (Å²) in [6.45, 7) is 2.66. The van der Waals surface area contributed by atoms with Crippen molar-refractivity contribution in [2.45, 2.75) is 38.8 Å². The maximum absolute atomic E-state index is 11.1. The molecule has 1 atom stereocenters. The molecule has 0 fully saturated rings. The molecule has 0 aliphatic rings. The molecule has 2 N–H and O–H groups in total. The van der Waals surface area contributed by atoms with Crippen molar-refractivity contribution in [3.63, 3.8) is 0 Å². The molecule has 1 unspecified atom stereocenters. The van der Waals surface area contributed by atoms with Crippen LogP contribution in [0.1, 0.15) is 31.7 Å². The van der Waals surface area contributed by atoms with Gasteiger partial charge in [-0.15, -0.1) is 0 Å². The quantitative estimate of drug-likeness (QED) is 0.757. The standard InChI is InChI=1S/C15H24N2O2/c1-4-5-6-14(15(18)19)16-11-12-7-9-13(10-8-12)17(2)3/h7-10,14,16H,4-6,11H2,1-3H3,(H,18,19). The van der Waals surface area contributed by atoms with Crippen molar-refractivity contribution < 1.29 is 9.90 Å². The molecule has 0 amide bonds. The summed E-state index contributed by atoms with van der Waals surface area (Å²) in [6, 6.07) is 7.69. The van der Waals surface area contributed by atoms with E-state index < -0.39 is 12.0 Å². The molecule has 106 valence electrons. The monoisotopic (exact) mass is 264 g/mol. The number of aliphatic carboxylic acids is 1. The average Bonchev–Trinajstić information content (AvgIpc) is 2.39. The molecule has 0 bridgehead atoms. The predicted molar refractivity (Wildman–Crippen MR) is 78.6 cm³/mol. The molecule has 0 saturated carbocycles. The van der Waals surface area contributed by atoms with E-state index in [1.807, 2.05) is 43.3 Å². The maximum atomic E-state index is 11.1. The van der Waals surface area contributed by atoms with Crippen molar-refractivity contribution in [1.29, 1.82) is 0 Å². The van der Waals surface area contributed by atoms with E-state index in [1.165, 1.54) is 0 Å². The van der Waals surface area contributed by atoms with Gasteiger partial charge >= 0.3 is 5.97 Å². The van der Waals surface area contributed by atoms with Gasteiger partial charge in [-0.05, 0) is 24.1 Å². The molecule has 0 aliphatic heterocycles. The summed E-state index contributed by atoms with van der Waals surface area (Å²) < 4.78 is 0. The van der Waals surface area contributed by atoms with Crippen molar-refractivity contribution in [3.8, 4) is 0 Å². The molecule has 0 spiro atoms. The molecule has 1 rings (SSSR count). The number of hydrogen-bond donors (Lipinski definition) is 2. The highest BCUT2D eigenvalue weighted by molar-refractivity contribution is 5.73. The number of nitrogens with one attached hydrogen (secondary N) is 1. The third-order valence-electron chi connectivity index (χ3n) is 3.15. The van der Waals surface area contributed by atoms with Crippen LogP contribution in [0.4, 0.5) is 5.69 Å². The van der Waals surface area contributed by atoms with Gasteiger partial charge in [-0.2, -0.15) is 0 Å². The Bertz CT molecular complexity index is 388. The summed E-state index contributed by atoms with van der Waals surface area (Å²) in [4.78, 5) is 13.1. The van der Waals surface area contributed by atoms with Crippen LogP contribution < -0.4 is 10.2 Å². The van der Waals surface area contributed by atoms with Crippen LogP contribution in [0.15, 0.2) is 24.3 Å². The number of rotatable bonds is 8. The average molecular weight is 264 g/mol. The lowest BCUT2D eigenvalue weighted by Gasteiger charge is -2.15. The van der Waals surface area contributed by atoms with E-state index in [0.717, 1.165) is 24.1 Å². The van der Waals surface area contributed by atoms with Crippen LogP contribution in [0, 0.1) is 0 Å². The molecule has 0 radical (unpaired) electrons. The first-order chi connectivity index (χ1) is 9.04. The molecule has 0 heterocycles. The number of anilines is 1. The van der Waals surface area contributed by atoms with Crippen molar-refractivity contribution in [2.24, 2.45) is 0 Å². The normalized spacial score (nSPS) is 12.2. The Morgan fingerprint density at radius 2 is 1.95 bits per heavy atom. The van der Waals surface area contributed by atoms with Crippen LogP contribution in [0.5, 0.6) is 0 Å². The fourth-order valence-corrected chi connectivity index (χ4v) is 1.87. The van der Waals surface area contributed by atoms with Crippen LogP contribution in [-0.2, 0) is 11.3 Å². The van der Waals surface area contributed by atoms with Gasteiger partial charge in [0, 0.05) is 26.3 Å². The lowest BCUT2D eigenvalue weighted by molar-refractivity contribution is -0.139. The lowest BCUT2D eigenvalue weighted by atomic mass is 10.1. The van der Waals surface area contributed by atoms with Gasteiger partial charge in [-0.3, -0.25) is 4.79 Å². The van der Waals surface area contributed by atoms with E-state index >= 15 is 0 Å². The van der Waals surface area contributed by atoms with Crippen LogP contribution in [0.25, 0.3) is 0 Å². The van der Waals surface area contributed by atoms with E-state index in [0.29, 0.717) is 13.0 Å². The molecule has 0 saturated heterocycles. The number of nitrogens with zero attached hydrogens (tertiary/aromatic N) is 1. The van der Waals surface area contributed by atoms with Crippen LogP contribution >= 0.6 is 0 Å². The van der Waals surface area contributed by atoms with E-state index in [2.05, 4.69) is 12.2 Å². The summed E-state index contributed by atoms with van der Waals surface area (Å²) in [5, 5.41) is 12.2. The second kappa shape index (κ2) is 7.79. The Kier molecular flexibility index (Phi) is 6.36. The SMILES string of the molecule is CCCCC(NCc1ccc(N(C)C)cc1)C(=O)O. The molecule has 4 nitrogen and oxygen atoms in total. The molecular weight excluding hydrogens is 240 g/mol. The Labute approximate surface area is 115 Å². The topological polar surface area (TPSA) is 52.6 Å². The van der Waals surface area contributed by atoms with Crippen LogP contribution in [-0.4, -0.2) is 31.2 Å². The van der Waals surface area contributed by atoms with Gasteiger partial charge < -0.3 is 15.3 Å². The molecule has 0 aromatic heterocycles. The predicted octanol–water partition coefficient (Wildman–Crippen LogP) is 2.49. The van der Waals surface area contributed by atoms with Gasteiger partial charge in [-0.25, -0.2) is 0 Å². The van der Waals surface area contributed by atoms with Crippen LogP contribution in [0.2, 0.25) is 0 Å². The smallest absolute Gasteiger partial charge is 0.320 e. The van der Waals surface area contributed by atoms with E-state index in [9.17, 15) is 4.79 Å². The molecule has 1 aromatic rings. The highest BCUT2D eigenvalue weighted by Crippen LogP contribution is 2.12. The zero-order valence-corrected chi connectivity index (χ0v) is 12.0. The lowest BCUT2D eigenvalue weighted by Crippen LogP contribution is -2.36. The Hall–Kier alpha value is -1.55. The summed E-state index contributed by atoms with van der Waals surface area (Å²) in [5.74, 6) is -0.765. The first kappa shape index (κ1) is 15.5. The van der Waals surface area contributed by atoms with Crippen molar-refractivity contribution in [3.05, 3.63) is 29.8 Å². The molecule has 1 aromatic carbocycles. The first-order valence-electron chi connectivity index (χ1n) is 6.77. The third-order valence-corrected chi connectivity index (χ3v) is 3.15. The third kappa shape index (κ3) is 5.30. The highest BCUT2D eigenvalue weighted by atomic mass is 16.4. The van der Waals surface area contributed by atoms with Crippen molar-refractivity contribution in [1.82, 2.24) is 5.32 Å². The van der Waals surface area contributed by atoms with Gasteiger partial charge in [0.25, 0.3) is 0 Å². The van der Waals surface area contributed by atoms with Crippen LogP contribution in [0.3, 0.4) is 0 Å². The number of carbonyl (C=O) groups is 1. The number of carboxylic acids is 1. The van der Waals surface area contributed by atoms with E-state index in [4.69, 9.17) is 5.11 Å². The molecular formula is C15H24N2O2.